The van der Waals surface area contributed by atoms with E-state index in [1.807, 2.05) is 24.3 Å². The van der Waals surface area contributed by atoms with E-state index in [1.165, 1.54) is 6.92 Å². The van der Waals surface area contributed by atoms with Crippen molar-refractivity contribution in [2.24, 2.45) is 0 Å². The Bertz CT molecular complexity index is 1260. The molecule has 0 atom stereocenters. The minimum absolute atomic E-state index is 0.00548. The summed E-state index contributed by atoms with van der Waals surface area (Å²) in [6.07, 6.45) is 3.32. The summed E-state index contributed by atoms with van der Waals surface area (Å²) in [6.45, 7) is 2.21. The van der Waals surface area contributed by atoms with Crippen molar-refractivity contribution >= 4 is 17.4 Å². The quantitative estimate of drug-likeness (QED) is 0.379. The van der Waals surface area contributed by atoms with Gasteiger partial charge in [0.15, 0.2) is 11.5 Å². The predicted molar refractivity (Wildman–Crippen MR) is 122 cm³/mol. The molecule has 4 rings (SSSR count). The first-order valence-electron chi connectivity index (χ1n) is 10.3. The monoisotopic (exact) mass is 445 g/mol. The third-order valence-corrected chi connectivity index (χ3v) is 4.90. The molecule has 8 nitrogen and oxygen atoms in total. The number of hydrogen-bond acceptors (Lipinski definition) is 6. The Balaban J connectivity index is 1.31. The van der Waals surface area contributed by atoms with Gasteiger partial charge in [-0.25, -0.2) is 0 Å². The number of benzene rings is 2. The summed E-state index contributed by atoms with van der Waals surface area (Å²) in [5, 5.41) is 7.07. The predicted octanol–water partition coefficient (Wildman–Crippen LogP) is 4.57. The highest BCUT2D eigenvalue weighted by Crippen LogP contribution is 2.18. The second-order valence-corrected chi connectivity index (χ2v) is 7.37. The summed E-state index contributed by atoms with van der Waals surface area (Å²) >= 11 is 0. The van der Waals surface area contributed by atoms with Gasteiger partial charge in [-0.1, -0.05) is 12.1 Å². The highest BCUT2D eigenvalue weighted by atomic mass is 16.5. The average molecular weight is 445 g/mol. The van der Waals surface area contributed by atoms with Crippen molar-refractivity contribution in [3.05, 3.63) is 95.7 Å². The largest absolute Gasteiger partial charge is 0.497 e. The fourth-order valence-electron chi connectivity index (χ4n) is 3.18. The summed E-state index contributed by atoms with van der Waals surface area (Å²) in [7, 11) is 1.62. The zero-order valence-electron chi connectivity index (χ0n) is 18.3. The molecule has 0 saturated carbocycles. The van der Waals surface area contributed by atoms with Gasteiger partial charge in [0.1, 0.15) is 23.9 Å². The van der Waals surface area contributed by atoms with Crippen LogP contribution in [0.3, 0.4) is 0 Å². The van der Waals surface area contributed by atoms with Crippen LogP contribution in [0, 0.1) is 0 Å². The van der Waals surface area contributed by atoms with E-state index in [0.29, 0.717) is 29.3 Å². The molecule has 168 valence electrons. The lowest BCUT2D eigenvalue weighted by atomic mass is 10.1. The van der Waals surface area contributed by atoms with Gasteiger partial charge >= 0.3 is 0 Å². The molecular weight excluding hydrogens is 422 g/mol. The fourth-order valence-corrected chi connectivity index (χ4v) is 3.18. The van der Waals surface area contributed by atoms with Crippen molar-refractivity contribution in [3.8, 4) is 11.5 Å². The van der Waals surface area contributed by atoms with Gasteiger partial charge in [0, 0.05) is 11.8 Å². The van der Waals surface area contributed by atoms with Crippen LogP contribution < -0.4 is 14.8 Å². The minimum Gasteiger partial charge on any atom is -0.497 e. The molecule has 4 aromatic rings. The van der Waals surface area contributed by atoms with Gasteiger partial charge < -0.3 is 19.2 Å². The van der Waals surface area contributed by atoms with E-state index >= 15 is 0 Å². The summed E-state index contributed by atoms with van der Waals surface area (Å²) in [5.41, 5.74) is 2.20. The van der Waals surface area contributed by atoms with E-state index in [2.05, 4.69) is 10.4 Å². The molecule has 33 heavy (non-hydrogen) atoms. The Labute approximate surface area is 190 Å². The average Bonchev–Trinajstić information content (AvgIpc) is 3.48. The van der Waals surface area contributed by atoms with Crippen LogP contribution in [-0.2, 0) is 13.2 Å². The maximum Gasteiger partial charge on any atom is 0.291 e. The van der Waals surface area contributed by atoms with Crippen LogP contribution in [0.15, 0.2) is 77.5 Å². The third-order valence-electron chi connectivity index (χ3n) is 4.90. The van der Waals surface area contributed by atoms with Crippen molar-refractivity contribution in [3.63, 3.8) is 0 Å². The van der Waals surface area contributed by atoms with Crippen LogP contribution in [-0.4, -0.2) is 28.6 Å². The second kappa shape index (κ2) is 9.86. The van der Waals surface area contributed by atoms with Crippen LogP contribution in [0.4, 0.5) is 5.69 Å². The first-order valence-corrected chi connectivity index (χ1v) is 10.3. The van der Waals surface area contributed by atoms with Crippen LogP contribution in [0.2, 0.25) is 0 Å². The smallest absolute Gasteiger partial charge is 0.291 e. The van der Waals surface area contributed by atoms with E-state index in [9.17, 15) is 9.59 Å². The molecule has 0 saturated heterocycles. The lowest BCUT2D eigenvalue weighted by molar-refractivity contribution is 0.0990. The van der Waals surface area contributed by atoms with E-state index in [1.54, 1.807) is 60.6 Å². The summed E-state index contributed by atoms with van der Waals surface area (Å²) in [5.74, 6) is 1.66. The molecule has 1 amide bonds. The Kier molecular flexibility index (Phi) is 6.54. The highest BCUT2D eigenvalue weighted by molar-refractivity contribution is 6.02. The Morgan fingerprint density at radius 3 is 2.64 bits per heavy atom. The number of ether oxygens (including phenoxy) is 2. The van der Waals surface area contributed by atoms with Gasteiger partial charge in [0.05, 0.1) is 25.5 Å². The number of anilines is 1. The van der Waals surface area contributed by atoms with Crippen LogP contribution in [0.25, 0.3) is 0 Å². The first kappa shape index (κ1) is 21.9. The van der Waals surface area contributed by atoms with E-state index < -0.39 is 0 Å². The molecule has 0 fully saturated rings. The van der Waals surface area contributed by atoms with Gasteiger partial charge in [-0.15, -0.1) is 0 Å². The van der Waals surface area contributed by atoms with Gasteiger partial charge in [0.2, 0.25) is 0 Å². The van der Waals surface area contributed by atoms with Gasteiger partial charge in [-0.05, 0) is 61.0 Å². The fraction of sp³-hybridized carbons (Fsp3) is 0.160. The van der Waals surface area contributed by atoms with Crippen LogP contribution >= 0.6 is 0 Å². The molecule has 0 unspecified atom stereocenters. The van der Waals surface area contributed by atoms with E-state index in [4.69, 9.17) is 13.9 Å². The maximum atomic E-state index is 12.5. The van der Waals surface area contributed by atoms with Gasteiger partial charge in [-0.3, -0.25) is 14.3 Å². The molecular formula is C25H23N3O5. The highest BCUT2D eigenvalue weighted by Gasteiger charge is 2.13. The van der Waals surface area contributed by atoms with Crippen molar-refractivity contribution in [2.45, 2.75) is 20.1 Å². The third kappa shape index (κ3) is 5.68. The van der Waals surface area contributed by atoms with Crippen LogP contribution in [0.1, 0.15) is 39.2 Å². The van der Waals surface area contributed by atoms with Crippen molar-refractivity contribution in [2.75, 3.05) is 12.4 Å². The van der Waals surface area contributed by atoms with Crippen molar-refractivity contribution in [1.29, 1.82) is 0 Å². The molecule has 0 aliphatic heterocycles. The zero-order valence-corrected chi connectivity index (χ0v) is 18.3. The number of rotatable bonds is 9. The molecule has 0 aliphatic rings. The number of carbonyl (C=O) groups excluding carboxylic acids is 2. The number of methoxy groups -OCH3 is 1. The first-order chi connectivity index (χ1) is 16.0. The molecule has 2 aromatic carbocycles. The van der Waals surface area contributed by atoms with Crippen molar-refractivity contribution in [1.82, 2.24) is 9.78 Å². The number of ketones is 1. The van der Waals surface area contributed by atoms with E-state index in [-0.39, 0.29) is 24.1 Å². The van der Waals surface area contributed by atoms with Gasteiger partial charge in [0.25, 0.3) is 5.91 Å². The number of Topliss-reactive ketones (excluding diaryl/α,β-unsaturated/α-hetero) is 1. The molecule has 8 heteroatoms. The molecule has 1 N–H and O–H groups in total. The molecule has 2 heterocycles. The number of amides is 1. The molecule has 2 aromatic heterocycles. The topological polar surface area (TPSA) is 95.6 Å². The SMILES string of the molecule is COc1cccc(Cn2cc(NC(=O)c3ccc(COc4ccc(C(C)=O)cc4)o3)cn2)c1. The zero-order chi connectivity index (χ0) is 23.2. The normalized spacial score (nSPS) is 10.6. The summed E-state index contributed by atoms with van der Waals surface area (Å²) in [4.78, 5) is 23.9. The minimum atomic E-state index is -0.381. The molecule has 0 aliphatic carbocycles. The number of nitrogens with one attached hydrogen (secondary N) is 1. The number of furan rings is 1. The number of hydrogen-bond donors (Lipinski definition) is 1. The number of nitrogens with zero attached hydrogens (tertiary/aromatic N) is 2. The summed E-state index contributed by atoms with van der Waals surface area (Å²) in [6, 6.07) is 17.8. The van der Waals surface area contributed by atoms with Crippen molar-refractivity contribution < 1.29 is 23.5 Å². The molecule has 0 bridgehead atoms. The Morgan fingerprint density at radius 1 is 1.06 bits per heavy atom. The number of aromatic nitrogens is 2. The lowest BCUT2D eigenvalue weighted by Crippen LogP contribution is -2.10. The lowest BCUT2D eigenvalue weighted by Gasteiger charge is -2.05. The summed E-state index contributed by atoms with van der Waals surface area (Å²) < 4.78 is 18.2. The van der Waals surface area contributed by atoms with Crippen LogP contribution in [0.5, 0.6) is 11.5 Å². The standard InChI is InChI=1S/C25H23N3O5/c1-17(29)19-6-8-21(9-7-19)32-16-23-10-11-24(33-23)25(30)27-20-13-26-28(15-20)14-18-4-3-5-22(12-18)31-2/h3-13,15H,14,16H2,1-2H3,(H,27,30). The maximum absolute atomic E-state index is 12.5. The Morgan fingerprint density at radius 2 is 1.88 bits per heavy atom. The molecule has 0 radical (unpaired) electrons. The molecule has 0 spiro atoms. The second-order valence-electron chi connectivity index (χ2n) is 7.37. The number of carbonyl (C=O) groups is 2. The van der Waals surface area contributed by atoms with E-state index in [0.717, 1.165) is 11.3 Å². The Hall–Kier alpha value is -4.33. The van der Waals surface area contributed by atoms with Gasteiger partial charge in [-0.2, -0.15) is 5.10 Å².